The Kier molecular flexibility index (Phi) is 9.16. The molecular weight excluding hydrogens is 747 g/mol. The molecule has 0 radical (unpaired) electrons. The van der Waals surface area contributed by atoms with Crippen LogP contribution < -0.4 is 25.8 Å². The number of nitrogens with two attached hydrogens (primary N) is 2. The van der Waals surface area contributed by atoms with Crippen molar-refractivity contribution in [1.82, 2.24) is 19.9 Å². The van der Waals surface area contributed by atoms with Gasteiger partial charge >= 0.3 is 12.2 Å². The fraction of sp³-hybridized carbons (Fsp3) is 0.368. The molecule has 17 heteroatoms. The highest BCUT2D eigenvalue weighted by Gasteiger charge is 2.47. The Morgan fingerprint density at radius 1 is 1.11 bits per heavy atom. The van der Waals surface area contributed by atoms with Crippen molar-refractivity contribution in [2.24, 2.45) is 5.41 Å². The Balaban J connectivity index is 1.33. The number of hydrogen-bond acceptors (Lipinski definition) is 11. The Bertz CT molecular complexity index is 2420. The molecule has 286 valence electrons. The summed E-state index contributed by atoms with van der Waals surface area (Å²) in [4.78, 5) is 17.1. The molecule has 10 nitrogen and oxygen atoms in total. The summed E-state index contributed by atoms with van der Waals surface area (Å²) >= 11 is 0.677. The van der Waals surface area contributed by atoms with Gasteiger partial charge in [0.15, 0.2) is 5.82 Å². The van der Waals surface area contributed by atoms with E-state index < -0.39 is 51.8 Å². The van der Waals surface area contributed by atoms with Crippen molar-refractivity contribution < 1.29 is 35.8 Å². The largest absolute Gasteiger partial charge is 0.490 e. The molecule has 0 spiro atoms. The standard InChI is InChI=1S/C38H34F6N8O2S/c1-19(21-3-2-10-48-33(21)46)52-13-14-53-31-27-30(49-36(50-35(27)52)54-18-37(8-9-37)17-51-11-6-20(15-39)7-12-51)29(41)26(28(31)38(42,43)44)22-4-5-24(40)32-25(22)23(16-45)34(47)55-32/h2-5,10,15,19H,6-9,11-14,17-18,47H2,1H3,(H2,46,48)/t19-/m1/s1. The number of nitrogen functional groups attached to an aromatic ring is 2. The van der Waals surface area contributed by atoms with Crippen LogP contribution in [0, 0.1) is 28.4 Å². The molecule has 3 aromatic heterocycles. The second-order valence-electron chi connectivity index (χ2n) is 14.2. The third-order valence-electron chi connectivity index (χ3n) is 10.8. The number of nitrogens with zero attached hydrogens (tertiary/aromatic N) is 6. The lowest BCUT2D eigenvalue weighted by Crippen LogP contribution is -2.37. The normalized spacial score (nSPS) is 17.5. The molecule has 0 amide bonds. The first-order chi connectivity index (χ1) is 26.3. The molecule has 1 saturated carbocycles. The van der Waals surface area contributed by atoms with Crippen molar-refractivity contribution in [2.45, 2.75) is 44.8 Å². The summed E-state index contributed by atoms with van der Waals surface area (Å²) in [6.45, 7) is 3.68. The van der Waals surface area contributed by atoms with E-state index in [1.54, 1.807) is 24.0 Å². The summed E-state index contributed by atoms with van der Waals surface area (Å²) in [7, 11) is 0. The number of fused-ring (bicyclic) bond motifs is 1. The molecule has 2 aliphatic heterocycles. The zero-order valence-corrected chi connectivity index (χ0v) is 30.3. The lowest BCUT2D eigenvalue weighted by atomic mass is 9.91. The minimum Gasteiger partial charge on any atom is -0.490 e. The van der Waals surface area contributed by atoms with Crippen molar-refractivity contribution in [3.63, 3.8) is 0 Å². The van der Waals surface area contributed by atoms with E-state index in [1.807, 2.05) is 6.07 Å². The molecule has 5 heterocycles. The average molecular weight is 781 g/mol. The van der Waals surface area contributed by atoms with Crippen molar-refractivity contribution in [1.29, 1.82) is 5.26 Å². The van der Waals surface area contributed by atoms with Crippen LogP contribution in [-0.2, 0) is 6.18 Å². The number of halogens is 6. The quantitative estimate of drug-likeness (QED) is 0.148. The number of ether oxygens (including phenoxy) is 2. The zero-order valence-electron chi connectivity index (χ0n) is 29.4. The van der Waals surface area contributed by atoms with E-state index >= 15 is 22.0 Å². The molecule has 55 heavy (non-hydrogen) atoms. The summed E-state index contributed by atoms with van der Waals surface area (Å²) in [6, 6.07) is 6.24. The predicted molar refractivity (Wildman–Crippen MR) is 196 cm³/mol. The van der Waals surface area contributed by atoms with Gasteiger partial charge in [-0.25, -0.2) is 18.2 Å². The SMILES string of the molecule is C[C@H](c1cccnc1N)N1CCOc2c(C(F)(F)F)c(-c3ccc(F)c4sc(N)c(C#N)c34)c(F)c3nc(OCC4(CN5CCC(=CF)CC5)CC4)nc1c23. The molecule has 2 fully saturated rings. The summed E-state index contributed by atoms with van der Waals surface area (Å²) < 4.78 is 104. The average Bonchev–Trinajstić information content (AvgIpc) is 3.88. The van der Waals surface area contributed by atoms with Crippen molar-refractivity contribution in [3.05, 3.63) is 70.7 Å². The van der Waals surface area contributed by atoms with E-state index in [0.29, 0.717) is 55.7 Å². The van der Waals surface area contributed by atoms with Crippen LogP contribution in [0.1, 0.15) is 55.3 Å². The lowest BCUT2D eigenvalue weighted by Gasteiger charge is -2.31. The molecular formula is C38H34F6N8O2S. The van der Waals surface area contributed by atoms with Crippen molar-refractivity contribution >= 4 is 49.0 Å². The number of likely N-dealkylation sites (tertiary alicyclic amines) is 1. The van der Waals surface area contributed by atoms with Crippen LogP contribution in [0.3, 0.4) is 0 Å². The maximum Gasteiger partial charge on any atom is 0.420 e. The van der Waals surface area contributed by atoms with Gasteiger partial charge in [-0.15, -0.1) is 11.3 Å². The fourth-order valence-electron chi connectivity index (χ4n) is 7.72. The van der Waals surface area contributed by atoms with Crippen LogP contribution >= 0.6 is 11.3 Å². The molecule has 4 N–H and O–H groups in total. The van der Waals surface area contributed by atoms with Crippen molar-refractivity contribution in [2.75, 3.05) is 55.8 Å². The molecule has 1 aliphatic carbocycles. The Morgan fingerprint density at radius 2 is 1.87 bits per heavy atom. The van der Waals surface area contributed by atoms with Gasteiger partial charge in [-0.05, 0) is 55.9 Å². The van der Waals surface area contributed by atoms with Gasteiger partial charge in [-0.1, -0.05) is 12.1 Å². The van der Waals surface area contributed by atoms with Crippen LogP contribution in [0.5, 0.6) is 11.8 Å². The van der Waals surface area contributed by atoms with Gasteiger partial charge in [0.25, 0.3) is 0 Å². The van der Waals surface area contributed by atoms with Crippen LogP contribution in [0.4, 0.5) is 43.0 Å². The van der Waals surface area contributed by atoms with Gasteiger partial charge < -0.3 is 30.7 Å². The number of hydrogen-bond donors (Lipinski definition) is 2. The number of aromatic nitrogens is 3. The summed E-state index contributed by atoms with van der Waals surface area (Å²) in [6.07, 6.45) is -0.134. The van der Waals surface area contributed by atoms with Crippen LogP contribution in [0.2, 0.25) is 0 Å². The topological polar surface area (TPSA) is 139 Å². The smallest absolute Gasteiger partial charge is 0.420 e. The first-order valence-corrected chi connectivity index (χ1v) is 18.4. The number of thiophene rings is 1. The molecule has 1 saturated heterocycles. The third-order valence-corrected chi connectivity index (χ3v) is 11.8. The molecule has 5 aromatic rings. The van der Waals surface area contributed by atoms with E-state index in [-0.39, 0.29) is 68.9 Å². The second-order valence-corrected chi connectivity index (χ2v) is 15.3. The number of nitriles is 1. The Morgan fingerprint density at radius 3 is 2.55 bits per heavy atom. The molecule has 0 bridgehead atoms. The Hall–Kier alpha value is -5.34. The van der Waals surface area contributed by atoms with Crippen LogP contribution in [-0.4, -0.2) is 59.2 Å². The number of benzene rings is 2. The van der Waals surface area contributed by atoms with E-state index in [2.05, 4.69) is 19.9 Å². The molecule has 3 aliphatic rings. The first-order valence-electron chi connectivity index (χ1n) is 17.6. The Labute approximate surface area is 315 Å². The van der Waals surface area contributed by atoms with E-state index in [9.17, 15) is 9.65 Å². The maximum absolute atomic E-state index is 17.4. The van der Waals surface area contributed by atoms with Gasteiger partial charge in [0.2, 0.25) is 0 Å². The highest BCUT2D eigenvalue weighted by molar-refractivity contribution is 7.23. The van der Waals surface area contributed by atoms with Crippen molar-refractivity contribution in [3.8, 4) is 29.0 Å². The summed E-state index contributed by atoms with van der Waals surface area (Å²) in [5.41, 5.74) is 9.63. The number of alkyl halides is 3. The zero-order chi connectivity index (χ0) is 38.8. The number of piperidine rings is 1. The van der Waals surface area contributed by atoms with Gasteiger partial charge in [0.05, 0.1) is 41.2 Å². The van der Waals surface area contributed by atoms with Crippen LogP contribution in [0.25, 0.3) is 32.1 Å². The maximum atomic E-state index is 17.4. The fourth-order valence-corrected chi connectivity index (χ4v) is 8.67. The number of rotatable bonds is 8. The van der Waals surface area contributed by atoms with Crippen LogP contribution in [0.15, 0.2) is 42.4 Å². The molecule has 8 rings (SSSR count). The minimum atomic E-state index is -5.22. The van der Waals surface area contributed by atoms with Gasteiger partial charge in [0.1, 0.15) is 52.0 Å². The molecule has 1 atom stereocenters. The lowest BCUT2D eigenvalue weighted by molar-refractivity contribution is -0.138. The molecule has 2 aromatic carbocycles. The van der Waals surface area contributed by atoms with E-state index in [4.69, 9.17) is 20.9 Å². The summed E-state index contributed by atoms with van der Waals surface area (Å²) in [5.74, 6) is -2.85. The highest BCUT2D eigenvalue weighted by Crippen LogP contribution is 2.54. The number of anilines is 3. The first kappa shape index (κ1) is 36.6. The second kappa shape index (κ2) is 13.7. The molecule has 0 unspecified atom stereocenters. The summed E-state index contributed by atoms with van der Waals surface area (Å²) in [5, 5.41) is 9.21. The van der Waals surface area contributed by atoms with E-state index in [0.717, 1.165) is 30.5 Å². The van der Waals surface area contributed by atoms with Gasteiger partial charge in [-0.3, -0.25) is 0 Å². The predicted octanol–water partition coefficient (Wildman–Crippen LogP) is 8.31. The monoisotopic (exact) mass is 780 g/mol. The number of pyridine rings is 1. The van der Waals surface area contributed by atoms with E-state index in [1.165, 1.54) is 6.20 Å². The van der Waals surface area contributed by atoms with Gasteiger partial charge in [-0.2, -0.15) is 28.4 Å². The highest BCUT2D eigenvalue weighted by atomic mass is 32.1. The van der Waals surface area contributed by atoms with Gasteiger partial charge in [0, 0.05) is 47.8 Å². The minimum absolute atomic E-state index is 0.00136. The third kappa shape index (κ3) is 6.40.